The van der Waals surface area contributed by atoms with Crippen molar-refractivity contribution >= 4 is 0 Å². The molecule has 88 valence electrons. The largest absolute Gasteiger partial charge is 0.493 e. The molecule has 0 saturated carbocycles. The molecule has 3 N–H and O–H groups in total. The van der Waals surface area contributed by atoms with Crippen molar-refractivity contribution in [1.82, 2.24) is 0 Å². The van der Waals surface area contributed by atoms with Crippen LogP contribution in [0.15, 0.2) is 24.3 Å². The second-order valence-electron chi connectivity index (χ2n) is 5.01. The van der Waals surface area contributed by atoms with Crippen molar-refractivity contribution in [2.75, 3.05) is 13.2 Å². The van der Waals surface area contributed by atoms with Crippen LogP contribution in [0.25, 0.3) is 0 Å². The molecule has 2 rings (SSSR count). The third-order valence-electron chi connectivity index (χ3n) is 3.07. The minimum atomic E-state index is -0.500. The smallest absolute Gasteiger partial charge is 0.122 e. The summed E-state index contributed by atoms with van der Waals surface area (Å²) < 4.78 is 5.69. The molecular formula is C13H19NO2. The van der Waals surface area contributed by atoms with Gasteiger partial charge in [0.1, 0.15) is 5.75 Å². The van der Waals surface area contributed by atoms with Gasteiger partial charge in [0.2, 0.25) is 0 Å². The van der Waals surface area contributed by atoms with Crippen molar-refractivity contribution < 1.29 is 9.84 Å². The average molecular weight is 221 g/mol. The molecule has 1 aliphatic heterocycles. The van der Waals surface area contributed by atoms with Crippen LogP contribution >= 0.6 is 0 Å². The zero-order valence-electron chi connectivity index (χ0n) is 9.65. The minimum absolute atomic E-state index is 0.0190. The van der Waals surface area contributed by atoms with E-state index in [0.717, 1.165) is 18.6 Å². The molecule has 3 heteroatoms. The first-order valence-electron chi connectivity index (χ1n) is 5.71. The summed E-state index contributed by atoms with van der Waals surface area (Å²) in [5, 5.41) is 9.15. The molecule has 0 spiro atoms. The van der Waals surface area contributed by atoms with Gasteiger partial charge in [-0.2, -0.15) is 0 Å². The van der Waals surface area contributed by atoms with Crippen LogP contribution in [0.2, 0.25) is 0 Å². The first-order valence-corrected chi connectivity index (χ1v) is 5.71. The third kappa shape index (κ3) is 2.54. The molecule has 0 bridgehead atoms. The molecule has 0 amide bonds. The number of aliphatic hydroxyl groups excluding tert-OH is 1. The van der Waals surface area contributed by atoms with Gasteiger partial charge in [0.25, 0.3) is 0 Å². The Bertz CT molecular complexity index is 363. The third-order valence-corrected chi connectivity index (χ3v) is 3.07. The summed E-state index contributed by atoms with van der Waals surface area (Å²) >= 11 is 0. The molecule has 1 aromatic carbocycles. The number of hydrogen-bond donors (Lipinski definition) is 2. The molecule has 2 unspecified atom stereocenters. The van der Waals surface area contributed by atoms with Crippen LogP contribution in [0.1, 0.15) is 18.9 Å². The Morgan fingerprint density at radius 2 is 2.25 bits per heavy atom. The van der Waals surface area contributed by atoms with Gasteiger partial charge in [0, 0.05) is 5.54 Å². The molecule has 0 saturated heterocycles. The van der Waals surface area contributed by atoms with Crippen molar-refractivity contribution in [3.8, 4) is 5.75 Å². The lowest BCUT2D eigenvalue weighted by Gasteiger charge is -2.31. The highest BCUT2D eigenvalue weighted by Crippen LogP contribution is 2.30. The number of rotatable bonds is 3. The zero-order valence-corrected chi connectivity index (χ0v) is 9.65. The fraction of sp³-hybridized carbons (Fsp3) is 0.538. The summed E-state index contributed by atoms with van der Waals surface area (Å²) in [6, 6.07) is 8.10. The Kier molecular flexibility index (Phi) is 3.17. The molecule has 0 fully saturated rings. The van der Waals surface area contributed by atoms with E-state index in [0.29, 0.717) is 12.5 Å². The van der Waals surface area contributed by atoms with E-state index in [2.05, 4.69) is 6.07 Å². The van der Waals surface area contributed by atoms with Crippen molar-refractivity contribution in [2.24, 2.45) is 11.7 Å². The van der Waals surface area contributed by atoms with Gasteiger partial charge in [-0.1, -0.05) is 18.2 Å². The molecule has 1 aromatic rings. The maximum Gasteiger partial charge on any atom is 0.122 e. The highest BCUT2D eigenvalue weighted by atomic mass is 16.5. The van der Waals surface area contributed by atoms with Crippen LogP contribution in [0.3, 0.4) is 0 Å². The number of hydrogen-bond acceptors (Lipinski definition) is 3. The lowest BCUT2D eigenvalue weighted by atomic mass is 9.85. The fourth-order valence-corrected chi connectivity index (χ4v) is 2.25. The quantitative estimate of drug-likeness (QED) is 0.809. The standard InChI is InChI=1S/C13H19NO2/c1-13(14,9-15)7-10-6-11-4-2-3-5-12(11)16-8-10/h2-5,10,15H,6-9,14H2,1H3. The van der Waals surface area contributed by atoms with Gasteiger partial charge in [-0.3, -0.25) is 0 Å². The summed E-state index contributed by atoms with van der Waals surface area (Å²) in [4.78, 5) is 0. The Morgan fingerprint density at radius 1 is 1.50 bits per heavy atom. The predicted octanol–water partition coefficient (Wildman–Crippen LogP) is 1.34. The van der Waals surface area contributed by atoms with E-state index in [1.165, 1.54) is 5.56 Å². The number of nitrogens with two attached hydrogens (primary N) is 1. The molecule has 1 aliphatic rings. The van der Waals surface area contributed by atoms with Crippen molar-refractivity contribution in [2.45, 2.75) is 25.3 Å². The second-order valence-corrected chi connectivity index (χ2v) is 5.01. The Balaban J connectivity index is 2.03. The molecule has 1 heterocycles. The summed E-state index contributed by atoms with van der Waals surface area (Å²) in [7, 11) is 0. The summed E-state index contributed by atoms with van der Waals surface area (Å²) in [6.07, 6.45) is 1.78. The lowest BCUT2D eigenvalue weighted by Crippen LogP contribution is -2.43. The summed E-state index contributed by atoms with van der Waals surface area (Å²) in [5.41, 5.74) is 6.70. The highest BCUT2D eigenvalue weighted by molar-refractivity contribution is 5.35. The Morgan fingerprint density at radius 3 is 3.00 bits per heavy atom. The van der Waals surface area contributed by atoms with Crippen LogP contribution in [0, 0.1) is 5.92 Å². The SMILES string of the molecule is CC(N)(CO)CC1COc2ccccc2C1. The van der Waals surface area contributed by atoms with Gasteiger partial charge in [0.15, 0.2) is 0 Å². The van der Waals surface area contributed by atoms with Gasteiger partial charge < -0.3 is 15.6 Å². The summed E-state index contributed by atoms with van der Waals surface area (Å²) in [5.74, 6) is 1.39. The minimum Gasteiger partial charge on any atom is -0.493 e. The van der Waals surface area contributed by atoms with Crippen LogP contribution in [0.5, 0.6) is 5.75 Å². The maximum absolute atomic E-state index is 9.15. The van der Waals surface area contributed by atoms with Crippen molar-refractivity contribution in [3.05, 3.63) is 29.8 Å². The first-order chi connectivity index (χ1) is 7.61. The topological polar surface area (TPSA) is 55.5 Å². The monoisotopic (exact) mass is 221 g/mol. The van der Waals surface area contributed by atoms with E-state index >= 15 is 0 Å². The van der Waals surface area contributed by atoms with Crippen LogP contribution < -0.4 is 10.5 Å². The van der Waals surface area contributed by atoms with Crippen molar-refractivity contribution in [3.63, 3.8) is 0 Å². The predicted molar refractivity (Wildman–Crippen MR) is 63.4 cm³/mol. The number of fused-ring (bicyclic) bond motifs is 1. The number of benzene rings is 1. The molecule has 0 aromatic heterocycles. The molecule has 2 atom stereocenters. The van der Waals surface area contributed by atoms with Gasteiger partial charge >= 0.3 is 0 Å². The summed E-state index contributed by atoms with van der Waals surface area (Å²) in [6.45, 7) is 2.60. The Hall–Kier alpha value is -1.06. The molecule has 0 aliphatic carbocycles. The van der Waals surface area contributed by atoms with E-state index < -0.39 is 5.54 Å². The molecule has 0 radical (unpaired) electrons. The highest BCUT2D eigenvalue weighted by Gasteiger charge is 2.27. The van der Waals surface area contributed by atoms with E-state index in [4.69, 9.17) is 15.6 Å². The lowest BCUT2D eigenvalue weighted by molar-refractivity contribution is 0.145. The fourth-order valence-electron chi connectivity index (χ4n) is 2.25. The van der Waals surface area contributed by atoms with Gasteiger partial charge in [-0.15, -0.1) is 0 Å². The van der Waals surface area contributed by atoms with Crippen LogP contribution in [0.4, 0.5) is 0 Å². The average Bonchev–Trinajstić information content (AvgIpc) is 2.28. The van der Waals surface area contributed by atoms with Gasteiger partial charge in [-0.25, -0.2) is 0 Å². The van der Waals surface area contributed by atoms with Crippen LogP contribution in [-0.2, 0) is 6.42 Å². The number of para-hydroxylation sites is 1. The van der Waals surface area contributed by atoms with E-state index in [-0.39, 0.29) is 6.61 Å². The maximum atomic E-state index is 9.15. The van der Waals surface area contributed by atoms with Crippen LogP contribution in [-0.4, -0.2) is 23.9 Å². The number of aliphatic hydroxyl groups is 1. The van der Waals surface area contributed by atoms with E-state index in [1.54, 1.807) is 0 Å². The molecular weight excluding hydrogens is 202 g/mol. The second kappa shape index (κ2) is 4.44. The first kappa shape index (κ1) is 11.4. The van der Waals surface area contributed by atoms with Crippen molar-refractivity contribution in [1.29, 1.82) is 0 Å². The molecule has 16 heavy (non-hydrogen) atoms. The van der Waals surface area contributed by atoms with Gasteiger partial charge in [-0.05, 0) is 37.3 Å². The zero-order chi connectivity index (χ0) is 11.6. The van der Waals surface area contributed by atoms with Gasteiger partial charge in [0.05, 0.1) is 13.2 Å². The number of ether oxygens (including phenoxy) is 1. The Labute approximate surface area is 96.2 Å². The normalized spacial score (nSPS) is 23.1. The van der Waals surface area contributed by atoms with E-state index in [1.807, 2.05) is 25.1 Å². The molecule has 3 nitrogen and oxygen atoms in total. The van der Waals surface area contributed by atoms with E-state index in [9.17, 15) is 0 Å².